The van der Waals surface area contributed by atoms with Crippen LogP contribution in [0.5, 0.6) is 5.75 Å². The van der Waals surface area contributed by atoms with Gasteiger partial charge < -0.3 is 15.8 Å². The molecule has 0 saturated carbocycles. The Morgan fingerprint density at radius 3 is 2.28 bits per heavy atom. The van der Waals surface area contributed by atoms with E-state index in [0.29, 0.717) is 41.5 Å². The van der Waals surface area contributed by atoms with Crippen molar-refractivity contribution >= 4 is 73.6 Å². The maximum absolute atomic E-state index is 13.2. The lowest BCUT2D eigenvalue weighted by atomic mass is 9.99. The van der Waals surface area contributed by atoms with Crippen LogP contribution in [0.1, 0.15) is 9.67 Å². The normalized spacial score (nSPS) is 11.0. The lowest BCUT2D eigenvalue weighted by molar-refractivity contribution is 0.103. The summed E-state index contributed by atoms with van der Waals surface area (Å²) in [6.07, 6.45) is 0. The fourth-order valence-corrected chi connectivity index (χ4v) is 5.26. The highest BCUT2D eigenvalue weighted by atomic mass is 35.5. The summed E-state index contributed by atoms with van der Waals surface area (Å²) < 4.78 is 5.28. The number of nitrogens with two attached hydrogens (primary N) is 1. The highest BCUT2D eigenvalue weighted by molar-refractivity contribution is 7.21. The molecule has 2 aromatic heterocycles. The number of aromatic nitrogens is 1. The number of halogens is 3. The van der Waals surface area contributed by atoms with Gasteiger partial charge in [-0.05, 0) is 71.8 Å². The molecule has 0 spiro atoms. The van der Waals surface area contributed by atoms with Crippen LogP contribution in [0, 0.1) is 0 Å². The number of rotatable bonds is 5. The van der Waals surface area contributed by atoms with Crippen molar-refractivity contribution in [2.24, 2.45) is 0 Å². The van der Waals surface area contributed by atoms with Gasteiger partial charge in [0.25, 0.3) is 5.91 Å². The fourth-order valence-electron chi connectivity index (χ4n) is 3.82. The topological polar surface area (TPSA) is 77.2 Å². The van der Waals surface area contributed by atoms with Gasteiger partial charge >= 0.3 is 0 Å². The van der Waals surface area contributed by atoms with Crippen LogP contribution in [0.3, 0.4) is 0 Å². The van der Waals surface area contributed by atoms with Gasteiger partial charge in [-0.15, -0.1) is 11.3 Å². The summed E-state index contributed by atoms with van der Waals surface area (Å²) in [7, 11) is 1.62. The van der Waals surface area contributed by atoms with E-state index in [0.717, 1.165) is 28.1 Å². The number of carbonyl (C=O) groups excluding carboxylic acids is 1. The summed E-state index contributed by atoms with van der Waals surface area (Å²) in [5.41, 5.74) is 10.8. The number of hydrogen-bond donors (Lipinski definition) is 2. The molecule has 0 radical (unpaired) electrons. The molecule has 0 aliphatic heterocycles. The van der Waals surface area contributed by atoms with E-state index in [-0.39, 0.29) is 5.91 Å². The molecule has 180 valence electrons. The van der Waals surface area contributed by atoms with Crippen LogP contribution in [-0.4, -0.2) is 18.0 Å². The SMILES string of the molecule is COc1ccc(-c2cc(-c3ccc(Cl)cc3)c3c(N)c(C(=O)Nc4ccc(Cl)c(Cl)c4)sc3n2)cc1. The zero-order chi connectivity index (χ0) is 25.4. The molecule has 5 nitrogen and oxygen atoms in total. The van der Waals surface area contributed by atoms with Crippen molar-refractivity contribution in [3.63, 3.8) is 0 Å². The molecule has 0 aliphatic carbocycles. The number of thiophene rings is 1. The number of benzene rings is 3. The number of nitrogens with one attached hydrogen (secondary N) is 1. The van der Waals surface area contributed by atoms with Gasteiger partial charge in [-0.3, -0.25) is 4.79 Å². The number of ether oxygens (including phenoxy) is 1. The van der Waals surface area contributed by atoms with Gasteiger partial charge in [0.1, 0.15) is 15.5 Å². The van der Waals surface area contributed by atoms with Gasteiger partial charge in [0.2, 0.25) is 0 Å². The lowest BCUT2D eigenvalue weighted by Gasteiger charge is -2.10. The molecule has 36 heavy (non-hydrogen) atoms. The smallest absolute Gasteiger partial charge is 0.267 e. The molecule has 0 saturated heterocycles. The highest BCUT2D eigenvalue weighted by Crippen LogP contribution is 2.42. The average Bonchev–Trinajstić information content (AvgIpc) is 3.23. The average molecular weight is 555 g/mol. The van der Waals surface area contributed by atoms with Crippen LogP contribution in [0.25, 0.3) is 32.6 Å². The van der Waals surface area contributed by atoms with E-state index < -0.39 is 0 Å². The van der Waals surface area contributed by atoms with Crippen LogP contribution < -0.4 is 15.8 Å². The van der Waals surface area contributed by atoms with Crippen molar-refractivity contribution < 1.29 is 9.53 Å². The predicted octanol–water partition coefficient (Wildman–Crippen LogP) is 8.43. The van der Waals surface area contributed by atoms with E-state index in [1.54, 1.807) is 25.3 Å². The first-order chi connectivity index (χ1) is 17.3. The summed E-state index contributed by atoms with van der Waals surface area (Å²) in [6, 6.07) is 22.0. The molecule has 3 N–H and O–H groups in total. The molecule has 5 rings (SSSR count). The van der Waals surface area contributed by atoms with Crippen molar-refractivity contribution in [2.45, 2.75) is 0 Å². The van der Waals surface area contributed by atoms with Crippen LogP contribution in [-0.2, 0) is 0 Å². The highest BCUT2D eigenvalue weighted by Gasteiger charge is 2.22. The Labute approximate surface area is 226 Å². The van der Waals surface area contributed by atoms with E-state index in [9.17, 15) is 4.79 Å². The third kappa shape index (κ3) is 4.73. The van der Waals surface area contributed by atoms with E-state index >= 15 is 0 Å². The van der Waals surface area contributed by atoms with E-state index in [2.05, 4.69) is 5.32 Å². The number of methoxy groups -OCH3 is 1. The minimum Gasteiger partial charge on any atom is -0.497 e. The van der Waals surface area contributed by atoms with Gasteiger partial charge in [0.05, 0.1) is 28.5 Å². The number of carbonyl (C=O) groups is 1. The van der Waals surface area contributed by atoms with Crippen molar-refractivity contribution in [3.8, 4) is 28.1 Å². The van der Waals surface area contributed by atoms with Gasteiger partial charge in [-0.25, -0.2) is 4.98 Å². The minimum absolute atomic E-state index is 0.342. The standard InChI is InChI=1S/C27H18Cl3N3O2S/c1-35-18-9-4-15(5-10-18)22-13-19(14-2-6-16(28)7-3-14)23-24(31)25(36-27(23)33-22)26(34)32-17-8-11-20(29)21(30)12-17/h2-13H,31H2,1H3,(H,32,34). The largest absolute Gasteiger partial charge is 0.497 e. The zero-order valence-electron chi connectivity index (χ0n) is 18.8. The number of nitrogen functional groups attached to an aromatic ring is 1. The first-order valence-corrected chi connectivity index (χ1v) is 12.7. The first kappa shape index (κ1) is 24.4. The second-order valence-corrected chi connectivity index (χ2v) is 10.1. The van der Waals surface area contributed by atoms with Crippen LogP contribution in [0.2, 0.25) is 15.1 Å². The Bertz CT molecular complexity index is 1600. The third-order valence-electron chi connectivity index (χ3n) is 5.62. The maximum atomic E-state index is 13.2. The van der Waals surface area contributed by atoms with Crippen molar-refractivity contribution in [3.05, 3.63) is 92.7 Å². The molecule has 5 aromatic rings. The zero-order valence-corrected chi connectivity index (χ0v) is 21.9. The molecule has 2 heterocycles. The van der Waals surface area contributed by atoms with Crippen molar-refractivity contribution in [1.82, 2.24) is 4.98 Å². The first-order valence-electron chi connectivity index (χ1n) is 10.7. The van der Waals surface area contributed by atoms with Crippen LogP contribution >= 0.6 is 46.1 Å². The Hall–Kier alpha value is -3.29. The predicted molar refractivity (Wildman–Crippen MR) is 151 cm³/mol. The number of amides is 1. The monoisotopic (exact) mass is 553 g/mol. The van der Waals surface area contributed by atoms with Gasteiger partial charge in [-0.2, -0.15) is 0 Å². The van der Waals surface area contributed by atoms with Crippen molar-refractivity contribution in [1.29, 1.82) is 0 Å². The number of anilines is 2. The van der Waals surface area contributed by atoms with E-state index in [4.69, 9.17) is 50.3 Å². The molecule has 3 aromatic carbocycles. The van der Waals surface area contributed by atoms with E-state index in [1.807, 2.05) is 54.6 Å². The van der Waals surface area contributed by atoms with Crippen LogP contribution in [0.4, 0.5) is 11.4 Å². The fraction of sp³-hybridized carbons (Fsp3) is 0.0370. The van der Waals surface area contributed by atoms with Crippen molar-refractivity contribution in [2.75, 3.05) is 18.2 Å². The second kappa shape index (κ2) is 9.99. The molecule has 9 heteroatoms. The summed E-state index contributed by atoms with van der Waals surface area (Å²) in [5, 5.41) is 4.92. The Kier molecular flexibility index (Phi) is 6.77. The molecule has 0 bridgehead atoms. The maximum Gasteiger partial charge on any atom is 0.267 e. The molecule has 0 unspecified atom stereocenters. The van der Waals surface area contributed by atoms with E-state index in [1.165, 1.54) is 11.3 Å². The number of hydrogen-bond acceptors (Lipinski definition) is 5. The number of pyridine rings is 1. The second-order valence-electron chi connectivity index (χ2n) is 7.90. The summed E-state index contributed by atoms with van der Waals surface area (Å²) in [6.45, 7) is 0. The Balaban J connectivity index is 1.64. The Morgan fingerprint density at radius 2 is 1.61 bits per heavy atom. The van der Waals surface area contributed by atoms with Gasteiger partial charge in [0.15, 0.2) is 0 Å². The number of nitrogens with zero attached hydrogens (tertiary/aromatic N) is 1. The Morgan fingerprint density at radius 1 is 0.917 bits per heavy atom. The summed E-state index contributed by atoms with van der Waals surface area (Å²) >= 11 is 19.5. The lowest BCUT2D eigenvalue weighted by Crippen LogP contribution is -2.11. The molecule has 0 atom stereocenters. The third-order valence-corrected chi connectivity index (χ3v) is 7.71. The quantitative estimate of drug-likeness (QED) is 0.228. The van der Waals surface area contributed by atoms with Gasteiger partial charge in [0, 0.05) is 21.7 Å². The molecular weight excluding hydrogens is 537 g/mol. The minimum atomic E-state index is -0.359. The van der Waals surface area contributed by atoms with Crippen LogP contribution in [0.15, 0.2) is 72.8 Å². The molecule has 0 aliphatic rings. The molecular formula is C27H18Cl3N3O2S. The summed E-state index contributed by atoms with van der Waals surface area (Å²) in [4.78, 5) is 19.1. The van der Waals surface area contributed by atoms with Gasteiger partial charge in [-0.1, -0.05) is 46.9 Å². The summed E-state index contributed by atoms with van der Waals surface area (Å²) in [5.74, 6) is 0.390. The molecule has 1 amide bonds. The number of fused-ring (bicyclic) bond motifs is 1. The molecule has 0 fully saturated rings.